The summed E-state index contributed by atoms with van der Waals surface area (Å²) in [5, 5.41) is 18.4. The molecular weight excluding hydrogens is 127 g/mol. The zero-order chi connectivity index (χ0) is 7.78. The van der Waals surface area contributed by atoms with Crippen molar-refractivity contribution >= 4 is 7.85 Å². The average Bonchev–Trinajstić information content (AvgIpc) is 2.09. The number of rotatable bonds is 1. The Labute approximate surface area is 62.7 Å². The maximum Gasteiger partial charge on any atom is 0.105 e. The van der Waals surface area contributed by atoms with Crippen molar-refractivity contribution in [2.45, 2.75) is 31.7 Å². The normalized spacial score (nSPS) is 47.9. The highest BCUT2D eigenvalue weighted by Crippen LogP contribution is 2.42. The Morgan fingerprint density at radius 2 is 2.30 bits per heavy atom. The minimum Gasteiger partial charge on any atom is -0.396 e. The van der Waals surface area contributed by atoms with Crippen LogP contribution in [0.4, 0.5) is 0 Å². The molecule has 1 aliphatic rings. The highest BCUT2D eigenvalue weighted by molar-refractivity contribution is 6.11. The lowest BCUT2D eigenvalue weighted by molar-refractivity contribution is 0.0201. The van der Waals surface area contributed by atoms with Gasteiger partial charge in [-0.2, -0.15) is 0 Å². The first-order valence-corrected chi connectivity index (χ1v) is 3.87. The van der Waals surface area contributed by atoms with Gasteiger partial charge < -0.3 is 10.2 Å². The van der Waals surface area contributed by atoms with Crippen LogP contribution in [0.3, 0.4) is 0 Å². The molecule has 3 heteroatoms. The monoisotopic (exact) mass is 142 g/mol. The predicted octanol–water partition coefficient (Wildman–Crippen LogP) is -0.439. The Bertz CT molecular complexity index is 129. The molecule has 0 radical (unpaired) electrons. The summed E-state index contributed by atoms with van der Waals surface area (Å²) in [5.74, 6) is 0.562. The summed E-state index contributed by atoms with van der Waals surface area (Å²) in [6.07, 6.45) is 1.49. The Kier molecular flexibility index (Phi) is 2.06. The Morgan fingerprint density at radius 3 is 2.50 bits per heavy atom. The van der Waals surface area contributed by atoms with Gasteiger partial charge in [-0.15, -0.1) is 0 Å². The molecule has 0 aliphatic heterocycles. The number of aliphatic hydroxyl groups excluding tert-OH is 2. The van der Waals surface area contributed by atoms with Gasteiger partial charge in [0.15, 0.2) is 0 Å². The Morgan fingerprint density at radius 1 is 1.70 bits per heavy atom. The standard InChI is InChI=1S/C7H15BO2/c1-7(4-9)3-5(8)2-6(7)10/h5-6,9-10H,2-4,8H2,1H3/t5-,6-,7-/m0/s1. The first kappa shape index (κ1) is 8.09. The van der Waals surface area contributed by atoms with E-state index < -0.39 is 0 Å². The SMILES string of the molecule is B[C@H]1C[C@H](O)[C@](C)(CO)C1. The summed E-state index contributed by atoms with van der Waals surface area (Å²) in [6, 6.07) is 0. The van der Waals surface area contributed by atoms with E-state index >= 15 is 0 Å². The zero-order valence-electron chi connectivity index (χ0n) is 6.67. The molecule has 1 fully saturated rings. The van der Waals surface area contributed by atoms with Crippen LogP contribution in [0.15, 0.2) is 0 Å². The van der Waals surface area contributed by atoms with E-state index in [1.807, 2.05) is 6.92 Å². The molecule has 0 aromatic rings. The van der Waals surface area contributed by atoms with Crippen molar-refractivity contribution in [2.24, 2.45) is 5.41 Å². The van der Waals surface area contributed by atoms with Crippen LogP contribution in [0.2, 0.25) is 5.82 Å². The molecule has 2 nitrogen and oxygen atoms in total. The predicted molar refractivity (Wildman–Crippen MR) is 42.7 cm³/mol. The van der Waals surface area contributed by atoms with Crippen molar-refractivity contribution in [2.75, 3.05) is 6.61 Å². The van der Waals surface area contributed by atoms with E-state index in [4.69, 9.17) is 5.11 Å². The van der Waals surface area contributed by atoms with E-state index in [1.165, 1.54) is 0 Å². The van der Waals surface area contributed by atoms with Crippen LogP contribution in [0.1, 0.15) is 19.8 Å². The first-order chi connectivity index (χ1) is 4.58. The van der Waals surface area contributed by atoms with Crippen LogP contribution >= 0.6 is 0 Å². The number of hydrogen-bond donors (Lipinski definition) is 2. The van der Waals surface area contributed by atoms with Crippen LogP contribution in [-0.4, -0.2) is 30.8 Å². The summed E-state index contributed by atoms with van der Waals surface area (Å²) in [6.45, 7) is 2.06. The molecule has 0 heterocycles. The maximum atomic E-state index is 9.46. The quantitative estimate of drug-likeness (QED) is 0.487. The van der Waals surface area contributed by atoms with E-state index in [2.05, 4.69) is 7.85 Å². The average molecular weight is 142 g/mol. The third-order valence-corrected chi connectivity index (χ3v) is 2.61. The van der Waals surface area contributed by atoms with Crippen molar-refractivity contribution in [1.29, 1.82) is 0 Å². The fraction of sp³-hybridized carbons (Fsp3) is 1.00. The van der Waals surface area contributed by atoms with Gasteiger partial charge in [0.25, 0.3) is 0 Å². The van der Waals surface area contributed by atoms with Crippen LogP contribution in [0, 0.1) is 5.41 Å². The van der Waals surface area contributed by atoms with Gasteiger partial charge in [0.2, 0.25) is 0 Å². The molecule has 58 valence electrons. The molecule has 0 unspecified atom stereocenters. The molecule has 10 heavy (non-hydrogen) atoms. The summed E-state index contributed by atoms with van der Waals surface area (Å²) in [5.41, 5.74) is -0.223. The lowest BCUT2D eigenvalue weighted by Gasteiger charge is -2.24. The molecule has 1 saturated carbocycles. The highest BCUT2D eigenvalue weighted by Gasteiger charge is 2.40. The molecule has 0 spiro atoms. The Balaban J connectivity index is 2.61. The van der Waals surface area contributed by atoms with Crippen LogP contribution in [-0.2, 0) is 0 Å². The molecule has 0 aromatic carbocycles. The third-order valence-electron chi connectivity index (χ3n) is 2.61. The van der Waals surface area contributed by atoms with Gasteiger partial charge >= 0.3 is 0 Å². The molecule has 0 amide bonds. The molecule has 0 aromatic heterocycles. The van der Waals surface area contributed by atoms with Crippen molar-refractivity contribution < 1.29 is 10.2 Å². The van der Waals surface area contributed by atoms with Gasteiger partial charge in [-0.25, -0.2) is 0 Å². The van der Waals surface area contributed by atoms with Crippen molar-refractivity contribution in [3.05, 3.63) is 0 Å². The van der Waals surface area contributed by atoms with Gasteiger partial charge in [0.05, 0.1) is 12.7 Å². The largest absolute Gasteiger partial charge is 0.396 e. The van der Waals surface area contributed by atoms with Gasteiger partial charge in [-0.3, -0.25) is 0 Å². The summed E-state index contributed by atoms with van der Waals surface area (Å²) in [7, 11) is 2.12. The molecular formula is C7H15BO2. The van der Waals surface area contributed by atoms with Crippen molar-refractivity contribution in [3.8, 4) is 0 Å². The van der Waals surface area contributed by atoms with Gasteiger partial charge in [-0.05, 0) is 12.8 Å². The molecule has 0 bridgehead atoms. The topological polar surface area (TPSA) is 40.5 Å². The molecule has 2 N–H and O–H groups in total. The fourth-order valence-corrected chi connectivity index (χ4v) is 1.85. The van der Waals surface area contributed by atoms with Crippen molar-refractivity contribution in [1.82, 2.24) is 0 Å². The highest BCUT2D eigenvalue weighted by atomic mass is 16.3. The summed E-state index contributed by atoms with van der Waals surface area (Å²) >= 11 is 0. The van der Waals surface area contributed by atoms with Gasteiger partial charge in [-0.1, -0.05) is 12.7 Å². The van der Waals surface area contributed by atoms with Crippen LogP contribution < -0.4 is 0 Å². The fourth-order valence-electron chi connectivity index (χ4n) is 1.85. The molecule has 1 rings (SSSR count). The van der Waals surface area contributed by atoms with E-state index in [0.29, 0.717) is 5.82 Å². The first-order valence-electron chi connectivity index (χ1n) is 3.87. The van der Waals surface area contributed by atoms with Crippen LogP contribution in [0.5, 0.6) is 0 Å². The number of hydrogen-bond acceptors (Lipinski definition) is 2. The van der Waals surface area contributed by atoms with Gasteiger partial charge in [0, 0.05) is 5.41 Å². The second-order valence-electron chi connectivity index (χ2n) is 3.87. The smallest absolute Gasteiger partial charge is 0.105 e. The van der Waals surface area contributed by atoms with Crippen molar-refractivity contribution in [3.63, 3.8) is 0 Å². The lowest BCUT2D eigenvalue weighted by atomic mass is 9.81. The minimum atomic E-state index is -0.299. The summed E-state index contributed by atoms with van der Waals surface area (Å²) < 4.78 is 0. The maximum absolute atomic E-state index is 9.46. The second kappa shape index (κ2) is 2.55. The van der Waals surface area contributed by atoms with Gasteiger partial charge in [0.1, 0.15) is 7.85 Å². The molecule has 3 atom stereocenters. The number of aliphatic hydroxyl groups is 2. The van der Waals surface area contributed by atoms with E-state index in [0.717, 1.165) is 12.8 Å². The minimum absolute atomic E-state index is 0.110. The molecule has 1 aliphatic carbocycles. The second-order valence-corrected chi connectivity index (χ2v) is 3.87. The van der Waals surface area contributed by atoms with E-state index in [9.17, 15) is 5.11 Å². The molecule has 0 saturated heterocycles. The lowest BCUT2D eigenvalue weighted by Crippen LogP contribution is -2.29. The Hall–Kier alpha value is -0.0151. The van der Waals surface area contributed by atoms with E-state index in [-0.39, 0.29) is 18.1 Å². The third kappa shape index (κ3) is 1.20. The van der Waals surface area contributed by atoms with E-state index in [1.54, 1.807) is 0 Å². The van der Waals surface area contributed by atoms with Crippen LogP contribution in [0.25, 0.3) is 0 Å². The summed E-state index contributed by atoms with van der Waals surface area (Å²) in [4.78, 5) is 0. The zero-order valence-corrected chi connectivity index (χ0v) is 6.67.